The zero-order valence-electron chi connectivity index (χ0n) is 10.3. The molecule has 2 unspecified atom stereocenters. The lowest BCUT2D eigenvalue weighted by molar-refractivity contribution is -0.141. The second-order valence-electron chi connectivity index (χ2n) is 4.32. The highest BCUT2D eigenvalue weighted by atomic mass is 16.5. The molecule has 1 heterocycles. The molecule has 92 valence electrons. The molecule has 0 bridgehead atoms. The molecule has 0 saturated carbocycles. The summed E-state index contributed by atoms with van der Waals surface area (Å²) in [7, 11) is 1.38. The van der Waals surface area contributed by atoms with Crippen molar-refractivity contribution in [3.63, 3.8) is 0 Å². The van der Waals surface area contributed by atoms with Gasteiger partial charge in [-0.2, -0.15) is 0 Å². The molecule has 17 heavy (non-hydrogen) atoms. The van der Waals surface area contributed by atoms with E-state index in [0.717, 1.165) is 17.9 Å². The maximum atomic E-state index is 11.4. The van der Waals surface area contributed by atoms with Gasteiger partial charge in [-0.05, 0) is 25.5 Å². The molecule has 2 atom stereocenters. The minimum absolute atomic E-state index is 0.196. The first kappa shape index (κ1) is 11.8. The van der Waals surface area contributed by atoms with E-state index in [9.17, 15) is 4.79 Å². The Morgan fingerprint density at radius 1 is 1.59 bits per heavy atom. The number of esters is 1. The van der Waals surface area contributed by atoms with Gasteiger partial charge in [0.2, 0.25) is 0 Å². The molecule has 2 rings (SSSR count). The van der Waals surface area contributed by atoms with E-state index in [0.29, 0.717) is 0 Å². The van der Waals surface area contributed by atoms with E-state index < -0.39 is 0 Å². The highest BCUT2D eigenvalue weighted by Crippen LogP contribution is 2.36. The molecule has 0 saturated heterocycles. The molecule has 1 aliphatic heterocycles. The van der Waals surface area contributed by atoms with Crippen molar-refractivity contribution >= 4 is 11.7 Å². The van der Waals surface area contributed by atoms with Crippen LogP contribution in [-0.4, -0.2) is 25.2 Å². The van der Waals surface area contributed by atoms with E-state index in [1.807, 2.05) is 25.1 Å². The van der Waals surface area contributed by atoms with Gasteiger partial charge in [-0.3, -0.25) is 0 Å². The normalized spacial score (nSPS) is 19.1. The lowest BCUT2D eigenvalue weighted by Gasteiger charge is -2.15. The zero-order valence-corrected chi connectivity index (χ0v) is 10.3. The monoisotopic (exact) mass is 235 g/mol. The average molecular weight is 235 g/mol. The number of anilines is 1. The maximum absolute atomic E-state index is 11.4. The third-order valence-corrected chi connectivity index (χ3v) is 2.85. The van der Waals surface area contributed by atoms with Crippen LogP contribution in [0.15, 0.2) is 18.2 Å². The number of ether oxygens (including phenoxy) is 2. The Balaban J connectivity index is 2.18. The van der Waals surface area contributed by atoms with Gasteiger partial charge >= 0.3 is 5.97 Å². The minimum atomic E-state index is -0.383. The second-order valence-corrected chi connectivity index (χ2v) is 4.32. The number of fused-ring (bicyclic) bond motifs is 1. The molecular formula is C13H17NO3. The molecule has 1 aromatic carbocycles. The highest BCUT2D eigenvalue weighted by Gasteiger charge is 2.23. The van der Waals surface area contributed by atoms with Crippen molar-refractivity contribution in [1.82, 2.24) is 0 Å². The van der Waals surface area contributed by atoms with Crippen LogP contribution in [0, 0.1) is 0 Å². The summed E-state index contributed by atoms with van der Waals surface area (Å²) >= 11 is 0. The number of hydrogen-bond donors (Lipinski definition) is 1. The summed E-state index contributed by atoms with van der Waals surface area (Å²) in [5.74, 6) is 0.574. The van der Waals surface area contributed by atoms with Crippen LogP contribution in [0.4, 0.5) is 5.69 Å². The standard InChI is InChI=1S/C13H17NO3/c1-8-7-10-5-4-6-11(12(10)17-8)14-9(2)13(15)16-3/h4-6,8-9,14H,7H2,1-3H3. The summed E-state index contributed by atoms with van der Waals surface area (Å²) in [6.45, 7) is 3.80. The first-order chi connectivity index (χ1) is 8.11. The van der Waals surface area contributed by atoms with E-state index in [4.69, 9.17) is 4.74 Å². The number of methoxy groups -OCH3 is 1. The SMILES string of the molecule is COC(=O)C(C)Nc1cccc2c1OC(C)C2. The van der Waals surface area contributed by atoms with E-state index >= 15 is 0 Å². The summed E-state index contributed by atoms with van der Waals surface area (Å²) in [6, 6.07) is 5.54. The second kappa shape index (κ2) is 4.65. The molecule has 0 aromatic heterocycles. The fraction of sp³-hybridized carbons (Fsp3) is 0.462. The summed E-state index contributed by atoms with van der Waals surface area (Å²) < 4.78 is 10.4. The molecule has 0 spiro atoms. The van der Waals surface area contributed by atoms with Gasteiger partial charge in [-0.1, -0.05) is 12.1 Å². The Morgan fingerprint density at radius 3 is 3.06 bits per heavy atom. The minimum Gasteiger partial charge on any atom is -0.488 e. The molecule has 4 heteroatoms. The predicted octanol–water partition coefficient (Wildman–Crippen LogP) is 1.98. The average Bonchev–Trinajstić information content (AvgIpc) is 2.69. The van der Waals surface area contributed by atoms with Gasteiger partial charge in [0.25, 0.3) is 0 Å². The van der Waals surface area contributed by atoms with Crippen LogP contribution in [-0.2, 0) is 16.0 Å². The number of nitrogens with one attached hydrogen (secondary N) is 1. The Hall–Kier alpha value is -1.71. The van der Waals surface area contributed by atoms with Crippen LogP contribution in [0.2, 0.25) is 0 Å². The summed E-state index contributed by atoms with van der Waals surface area (Å²) in [4.78, 5) is 11.4. The largest absolute Gasteiger partial charge is 0.488 e. The van der Waals surface area contributed by atoms with Crippen molar-refractivity contribution < 1.29 is 14.3 Å². The number of carbonyl (C=O) groups is 1. The third kappa shape index (κ3) is 2.35. The lowest BCUT2D eigenvalue weighted by Crippen LogP contribution is -2.27. The van der Waals surface area contributed by atoms with E-state index in [1.165, 1.54) is 12.7 Å². The van der Waals surface area contributed by atoms with Crippen molar-refractivity contribution in [3.05, 3.63) is 23.8 Å². The van der Waals surface area contributed by atoms with Crippen LogP contribution in [0.1, 0.15) is 19.4 Å². The quantitative estimate of drug-likeness (QED) is 0.814. The predicted molar refractivity (Wildman–Crippen MR) is 65.3 cm³/mol. The Labute approximate surface area is 101 Å². The number of hydrogen-bond acceptors (Lipinski definition) is 4. The summed E-state index contributed by atoms with van der Waals surface area (Å²) in [5, 5.41) is 3.11. The molecule has 1 N–H and O–H groups in total. The van der Waals surface area contributed by atoms with Gasteiger partial charge < -0.3 is 14.8 Å². The zero-order chi connectivity index (χ0) is 12.4. The van der Waals surface area contributed by atoms with Crippen LogP contribution >= 0.6 is 0 Å². The van der Waals surface area contributed by atoms with Gasteiger partial charge in [0.1, 0.15) is 17.9 Å². The number of carbonyl (C=O) groups excluding carboxylic acids is 1. The molecule has 0 amide bonds. The van der Waals surface area contributed by atoms with Gasteiger partial charge in [-0.15, -0.1) is 0 Å². The van der Waals surface area contributed by atoms with E-state index in [-0.39, 0.29) is 18.1 Å². The molecule has 0 radical (unpaired) electrons. The third-order valence-electron chi connectivity index (χ3n) is 2.85. The van der Waals surface area contributed by atoms with Crippen LogP contribution in [0.3, 0.4) is 0 Å². The summed E-state index contributed by atoms with van der Waals surface area (Å²) in [5.41, 5.74) is 2.03. The molecule has 1 aliphatic rings. The Kier molecular flexibility index (Phi) is 3.22. The highest BCUT2D eigenvalue weighted by molar-refractivity contribution is 5.79. The number of benzene rings is 1. The van der Waals surface area contributed by atoms with Crippen LogP contribution in [0.25, 0.3) is 0 Å². The van der Waals surface area contributed by atoms with Gasteiger partial charge in [0.05, 0.1) is 12.8 Å². The van der Waals surface area contributed by atoms with Crippen LogP contribution in [0.5, 0.6) is 5.75 Å². The molecule has 0 aliphatic carbocycles. The first-order valence-electron chi connectivity index (χ1n) is 5.74. The van der Waals surface area contributed by atoms with Crippen LogP contribution < -0.4 is 10.1 Å². The molecular weight excluding hydrogens is 218 g/mol. The van der Waals surface area contributed by atoms with E-state index in [1.54, 1.807) is 6.92 Å². The molecule has 1 aromatic rings. The van der Waals surface area contributed by atoms with Gasteiger partial charge in [0, 0.05) is 6.42 Å². The van der Waals surface area contributed by atoms with Gasteiger partial charge in [0.15, 0.2) is 0 Å². The lowest BCUT2D eigenvalue weighted by atomic mass is 10.1. The van der Waals surface area contributed by atoms with Crippen molar-refractivity contribution in [3.8, 4) is 5.75 Å². The van der Waals surface area contributed by atoms with Crippen molar-refractivity contribution in [2.45, 2.75) is 32.4 Å². The van der Waals surface area contributed by atoms with Crippen molar-refractivity contribution in [2.75, 3.05) is 12.4 Å². The van der Waals surface area contributed by atoms with Crippen molar-refractivity contribution in [1.29, 1.82) is 0 Å². The van der Waals surface area contributed by atoms with Crippen molar-refractivity contribution in [2.24, 2.45) is 0 Å². The Morgan fingerprint density at radius 2 is 2.35 bits per heavy atom. The molecule has 0 fully saturated rings. The Bertz CT molecular complexity index is 431. The fourth-order valence-corrected chi connectivity index (χ4v) is 2.02. The molecule has 4 nitrogen and oxygen atoms in total. The van der Waals surface area contributed by atoms with E-state index in [2.05, 4.69) is 10.1 Å². The first-order valence-corrected chi connectivity index (χ1v) is 5.74. The summed E-state index contributed by atoms with van der Waals surface area (Å²) in [6.07, 6.45) is 1.11. The topological polar surface area (TPSA) is 47.6 Å². The fourth-order valence-electron chi connectivity index (χ4n) is 2.02. The number of rotatable bonds is 3. The van der Waals surface area contributed by atoms with Gasteiger partial charge in [-0.25, -0.2) is 4.79 Å². The maximum Gasteiger partial charge on any atom is 0.327 e. The number of para-hydroxylation sites is 1. The smallest absolute Gasteiger partial charge is 0.327 e.